The van der Waals surface area contributed by atoms with Gasteiger partial charge in [0.15, 0.2) is 0 Å². The van der Waals surface area contributed by atoms with Gasteiger partial charge in [-0.3, -0.25) is 0 Å². The van der Waals surface area contributed by atoms with Crippen LogP contribution in [0.15, 0.2) is 71.8 Å². The quantitative estimate of drug-likeness (QED) is 0.0616. The first-order chi connectivity index (χ1) is 20.2. The molecule has 232 valence electrons. The Balaban J connectivity index is 0.00000616. The molecule has 0 bridgehead atoms. The van der Waals surface area contributed by atoms with E-state index >= 15 is 0 Å². The molecule has 2 aromatic carbocycles. The van der Waals surface area contributed by atoms with Gasteiger partial charge in [-0.2, -0.15) is 0 Å². The fourth-order valence-electron chi connectivity index (χ4n) is 6.15. The van der Waals surface area contributed by atoms with Gasteiger partial charge >= 0.3 is 0 Å². The third-order valence-corrected chi connectivity index (χ3v) is 8.51. The largest absolute Gasteiger partial charge is 0.493 e. The molecule has 2 aromatic rings. The van der Waals surface area contributed by atoms with Gasteiger partial charge < -0.3 is 5.53 Å². The van der Waals surface area contributed by atoms with Crippen molar-refractivity contribution in [1.82, 2.24) is 0 Å². The van der Waals surface area contributed by atoms with Crippen LogP contribution >= 0.6 is 0 Å². The Hall–Kier alpha value is -2.25. The van der Waals surface area contributed by atoms with Crippen LogP contribution in [0.25, 0.3) is 16.9 Å². The minimum Gasteiger partial charge on any atom is -0.493 e. The second-order valence-corrected chi connectivity index (χ2v) is 11.8. The van der Waals surface area contributed by atoms with Gasteiger partial charge in [0.1, 0.15) is 0 Å². The zero-order valence-electron chi connectivity index (χ0n) is 27.0. The van der Waals surface area contributed by atoms with Crippen molar-refractivity contribution in [2.24, 2.45) is 0 Å². The normalized spacial score (nSPS) is 13.5. The molecule has 0 saturated heterocycles. The minimum absolute atomic E-state index is 0. The molecule has 2 nitrogen and oxygen atoms in total. The van der Waals surface area contributed by atoms with Crippen molar-refractivity contribution in [2.45, 2.75) is 137 Å². The van der Waals surface area contributed by atoms with Gasteiger partial charge in [-0.05, 0) is 87.1 Å². The van der Waals surface area contributed by atoms with Gasteiger partial charge in [-0.1, -0.05) is 122 Å². The van der Waals surface area contributed by atoms with Crippen LogP contribution in [-0.2, 0) is 29.3 Å². The van der Waals surface area contributed by atoms with Gasteiger partial charge in [0.05, 0.1) is 0 Å². The third-order valence-electron chi connectivity index (χ3n) is 8.51. The van der Waals surface area contributed by atoms with Crippen molar-refractivity contribution in [1.29, 1.82) is 0 Å². The predicted molar refractivity (Wildman–Crippen MR) is 179 cm³/mol. The summed E-state index contributed by atoms with van der Waals surface area (Å²) < 4.78 is 1.54. The zero-order valence-corrected chi connectivity index (χ0v) is 28.0. The molecule has 0 radical (unpaired) electrons. The van der Waals surface area contributed by atoms with Crippen molar-refractivity contribution in [3.63, 3.8) is 0 Å². The van der Waals surface area contributed by atoms with E-state index in [0.717, 1.165) is 61.9 Å². The molecule has 0 unspecified atom stereocenters. The number of benzene rings is 2. The first-order valence-electron chi connectivity index (χ1n) is 16.9. The van der Waals surface area contributed by atoms with Gasteiger partial charge in [0.2, 0.25) is 11.4 Å². The van der Waals surface area contributed by atoms with E-state index in [1.54, 1.807) is 0 Å². The third kappa shape index (κ3) is 10.5. The van der Waals surface area contributed by atoms with Gasteiger partial charge in [0.25, 0.3) is 0 Å². The Kier molecular flexibility index (Phi) is 17.7. The second-order valence-electron chi connectivity index (χ2n) is 11.8. The van der Waals surface area contributed by atoms with E-state index in [1.807, 2.05) is 0 Å². The summed E-state index contributed by atoms with van der Waals surface area (Å²) in [6.07, 6.45) is 25.2. The molecule has 0 N–H and O–H groups in total. The van der Waals surface area contributed by atoms with E-state index in [9.17, 15) is 5.53 Å². The average molecular weight is 612 g/mol. The number of aryl methyl sites for hydroxylation is 2. The van der Waals surface area contributed by atoms with Gasteiger partial charge in [-0.25, -0.2) is 4.70 Å². The molecular weight excluding hydrogens is 555 g/mol. The second kappa shape index (κ2) is 20.6. The average Bonchev–Trinajstić information content (AvgIpc) is 3.28. The first kappa shape index (κ1) is 35.9. The van der Waals surface area contributed by atoms with Crippen LogP contribution in [0.2, 0.25) is 0 Å². The van der Waals surface area contributed by atoms with Crippen molar-refractivity contribution >= 4 is 11.4 Å². The molecule has 0 atom stereocenters. The number of nitrogens with zero attached hydrogens (tertiary/aromatic N) is 2. The van der Waals surface area contributed by atoms with Crippen LogP contribution in [0.1, 0.15) is 146 Å². The van der Waals surface area contributed by atoms with Crippen LogP contribution in [0.3, 0.4) is 0 Å². The van der Waals surface area contributed by atoms with Crippen molar-refractivity contribution in [3.05, 3.63) is 99.6 Å². The van der Waals surface area contributed by atoms with Crippen molar-refractivity contribution in [3.8, 4) is 0 Å². The molecule has 0 amide bonds. The number of unbranched alkanes of at least 4 members (excludes halogenated alkanes) is 9. The summed E-state index contributed by atoms with van der Waals surface area (Å²) in [4.78, 5) is 0. The Morgan fingerprint density at radius 2 is 1.29 bits per heavy atom. The van der Waals surface area contributed by atoms with E-state index in [-0.39, 0.29) is 16.5 Å². The number of rotatable bonds is 20. The standard InChI is InChI=1S/C39H56N2.Ni/c1-5-9-12-13-14-15-16-17-18-19-20-26-33-27-21-22-30-36(33)39-37(29-11-7-3)35(8-4)38(41(39)40)34-28-23-25-32(31-34)24-10-6-2;/h18-19,21-23,25,27-28,30-31H,5-17,20,24,26,29H2,1-4H3;. The van der Waals surface area contributed by atoms with Crippen LogP contribution in [0, 0.1) is 0 Å². The molecule has 0 aliphatic carbocycles. The zero-order chi connectivity index (χ0) is 29.3. The SMILES string of the molecule is CCCCCCCCCC=CCCc1ccccc1C1=C(CCCC)C(CC)=C(c2cccc(CCCC)c2)[N+]1=[N-].[Ni]. The fourth-order valence-corrected chi connectivity index (χ4v) is 6.15. The summed E-state index contributed by atoms with van der Waals surface area (Å²) in [5.74, 6) is 0. The Morgan fingerprint density at radius 1 is 0.619 bits per heavy atom. The number of allylic oxidation sites excluding steroid dienone is 4. The molecule has 42 heavy (non-hydrogen) atoms. The topological polar surface area (TPSA) is 25.3 Å². The number of hydrogen-bond acceptors (Lipinski definition) is 0. The number of hydrogen-bond donors (Lipinski definition) is 0. The van der Waals surface area contributed by atoms with Crippen LogP contribution in [-0.4, -0.2) is 4.70 Å². The minimum atomic E-state index is 0. The molecular formula is C39H56N2Ni. The van der Waals surface area contributed by atoms with E-state index in [0.29, 0.717) is 0 Å². The molecule has 1 aliphatic rings. The maximum atomic E-state index is 11.9. The summed E-state index contributed by atoms with van der Waals surface area (Å²) in [6.45, 7) is 9.02. The predicted octanol–water partition coefficient (Wildman–Crippen LogP) is 12.4. The summed E-state index contributed by atoms with van der Waals surface area (Å²) in [6, 6.07) is 17.6. The molecule has 1 heterocycles. The monoisotopic (exact) mass is 610 g/mol. The van der Waals surface area contributed by atoms with E-state index in [1.165, 1.54) is 96.7 Å². The summed E-state index contributed by atoms with van der Waals surface area (Å²) in [5, 5.41) is 0. The molecule has 3 heteroatoms. The molecule has 0 fully saturated rings. The van der Waals surface area contributed by atoms with Crippen LogP contribution in [0.5, 0.6) is 0 Å². The van der Waals surface area contributed by atoms with E-state index in [2.05, 4.69) is 88.4 Å². The molecule has 1 aliphatic heterocycles. The summed E-state index contributed by atoms with van der Waals surface area (Å²) >= 11 is 0. The van der Waals surface area contributed by atoms with Gasteiger partial charge in [-0.15, -0.1) is 0 Å². The molecule has 0 saturated carbocycles. The maximum absolute atomic E-state index is 11.9. The Labute approximate surface area is 268 Å². The van der Waals surface area contributed by atoms with E-state index < -0.39 is 0 Å². The summed E-state index contributed by atoms with van der Waals surface area (Å²) in [7, 11) is 0. The first-order valence-corrected chi connectivity index (χ1v) is 16.9. The molecule has 0 aromatic heterocycles. The fraction of sp³-hybridized carbons (Fsp3) is 0.538. The van der Waals surface area contributed by atoms with Crippen molar-refractivity contribution in [2.75, 3.05) is 0 Å². The van der Waals surface area contributed by atoms with Gasteiger partial charge in [0, 0.05) is 38.8 Å². The molecule has 0 spiro atoms. The summed E-state index contributed by atoms with van der Waals surface area (Å²) in [5.41, 5.74) is 21.5. The van der Waals surface area contributed by atoms with E-state index in [4.69, 9.17) is 0 Å². The molecule has 3 rings (SSSR count). The van der Waals surface area contributed by atoms with Crippen molar-refractivity contribution < 1.29 is 21.2 Å². The van der Waals surface area contributed by atoms with Crippen LogP contribution in [0.4, 0.5) is 0 Å². The smallest absolute Gasteiger partial charge is 0.211 e. The Morgan fingerprint density at radius 3 is 2.02 bits per heavy atom. The van der Waals surface area contributed by atoms with Crippen LogP contribution < -0.4 is 0 Å². The Bertz CT molecular complexity index is 1190. The maximum Gasteiger partial charge on any atom is 0.211 e.